The lowest BCUT2D eigenvalue weighted by Gasteiger charge is -2.14. The largest absolute Gasteiger partial charge is 0.421 e. The maximum atomic E-state index is 13.1. The molecule has 0 unspecified atom stereocenters. The standard InChI is InChI=1S/C16H15F5N6O/c17-13(18)8-27-12-3-1-2-11(9(12)6-24-27)25-15-23-7-10(16(19,20)21)14(26-15)22-4-5-28/h1-3,6-7,13,28H,4-5,8H2,(H2,22,23,25,26). The van der Waals surface area contributed by atoms with Crippen LogP contribution in [0.5, 0.6) is 0 Å². The smallest absolute Gasteiger partial charge is 0.395 e. The van der Waals surface area contributed by atoms with Crippen molar-refractivity contribution in [2.75, 3.05) is 23.8 Å². The lowest BCUT2D eigenvalue weighted by molar-refractivity contribution is -0.137. The second kappa shape index (κ2) is 7.92. The Morgan fingerprint density at radius 3 is 2.64 bits per heavy atom. The second-order valence-electron chi connectivity index (χ2n) is 5.69. The van der Waals surface area contributed by atoms with Gasteiger partial charge >= 0.3 is 6.18 Å². The molecule has 0 aliphatic rings. The lowest BCUT2D eigenvalue weighted by Crippen LogP contribution is -2.16. The molecule has 3 N–H and O–H groups in total. The van der Waals surface area contributed by atoms with Crippen LogP contribution in [0.2, 0.25) is 0 Å². The predicted octanol–water partition coefficient (Wildman–Crippen LogP) is 3.26. The Labute approximate surface area is 155 Å². The molecule has 28 heavy (non-hydrogen) atoms. The van der Waals surface area contributed by atoms with Crippen molar-refractivity contribution in [1.29, 1.82) is 0 Å². The van der Waals surface area contributed by atoms with Gasteiger partial charge in [0.15, 0.2) is 0 Å². The molecule has 3 aromatic rings. The molecule has 0 saturated heterocycles. The number of nitrogens with zero attached hydrogens (tertiary/aromatic N) is 4. The fourth-order valence-electron chi connectivity index (χ4n) is 2.57. The highest BCUT2D eigenvalue weighted by Gasteiger charge is 2.35. The first kappa shape index (κ1) is 19.7. The van der Waals surface area contributed by atoms with Gasteiger partial charge in [-0.15, -0.1) is 0 Å². The zero-order valence-corrected chi connectivity index (χ0v) is 14.2. The zero-order valence-electron chi connectivity index (χ0n) is 14.2. The SMILES string of the molecule is OCCNc1nc(Nc2cccc3c2cnn3CC(F)F)ncc1C(F)(F)F. The molecule has 0 atom stereocenters. The van der Waals surface area contributed by atoms with Gasteiger partial charge < -0.3 is 15.7 Å². The molecule has 0 spiro atoms. The number of anilines is 3. The summed E-state index contributed by atoms with van der Waals surface area (Å²) in [6.07, 6.45) is -5.27. The van der Waals surface area contributed by atoms with E-state index in [4.69, 9.17) is 5.11 Å². The maximum absolute atomic E-state index is 13.1. The van der Waals surface area contributed by atoms with E-state index in [1.54, 1.807) is 18.2 Å². The molecule has 1 aromatic carbocycles. The Hall–Kier alpha value is -3.02. The third-order valence-corrected chi connectivity index (χ3v) is 3.74. The van der Waals surface area contributed by atoms with Gasteiger partial charge in [-0.05, 0) is 12.1 Å². The monoisotopic (exact) mass is 402 g/mol. The van der Waals surface area contributed by atoms with Crippen molar-refractivity contribution >= 4 is 28.4 Å². The number of nitrogens with one attached hydrogen (secondary N) is 2. The average molecular weight is 402 g/mol. The van der Waals surface area contributed by atoms with Crippen LogP contribution in [0.3, 0.4) is 0 Å². The van der Waals surface area contributed by atoms with Gasteiger partial charge in [0.1, 0.15) is 17.9 Å². The van der Waals surface area contributed by atoms with E-state index in [1.165, 1.54) is 6.20 Å². The topological polar surface area (TPSA) is 87.9 Å². The van der Waals surface area contributed by atoms with Crippen LogP contribution in [0.25, 0.3) is 10.9 Å². The molecular formula is C16H15F5N6O. The van der Waals surface area contributed by atoms with E-state index >= 15 is 0 Å². The summed E-state index contributed by atoms with van der Waals surface area (Å²) in [4.78, 5) is 7.50. The van der Waals surface area contributed by atoms with E-state index in [0.717, 1.165) is 4.68 Å². The predicted molar refractivity (Wildman–Crippen MR) is 91.6 cm³/mol. The molecule has 2 heterocycles. The molecule has 7 nitrogen and oxygen atoms in total. The van der Waals surface area contributed by atoms with Crippen molar-refractivity contribution in [2.45, 2.75) is 19.1 Å². The summed E-state index contributed by atoms with van der Waals surface area (Å²) in [5, 5.41) is 18.4. The van der Waals surface area contributed by atoms with Gasteiger partial charge in [0.2, 0.25) is 5.95 Å². The van der Waals surface area contributed by atoms with E-state index in [2.05, 4.69) is 25.7 Å². The normalized spacial score (nSPS) is 12.0. The molecule has 0 fully saturated rings. The van der Waals surface area contributed by atoms with E-state index in [0.29, 0.717) is 22.8 Å². The lowest BCUT2D eigenvalue weighted by atomic mass is 10.2. The molecule has 0 radical (unpaired) electrons. The molecule has 0 bridgehead atoms. The first-order valence-electron chi connectivity index (χ1n) is 8.08. The van der Waals surface area contributed by atoms with Crippen LogP contribution in [-0.4, -0.2) is 44.4 Å². The minimum absolute atomic E-state index is 0.129. The van der Waals surface area contributed by atoms with E-state index in [1.807, 2.05) is 0 Å². The van der Waals surface area contributed by atoms with Gasteiger partial charge in [-0.3, -0.25) is 4.68 Å². The van der Waals surface area contributed by atoms with Crippen molar-refractivity contribution in [3.63, 3.8) is 0 Å². The van der Waals surface area contributed by atoms with Crippen molar-refractivity contribution in [3.8, 4) is 0 Å². The highest BCUT2D eigenvalue weighted by molar-refractivity contribution is 5.92. The summed E-state index contributed by atoms with van der Waals surface area (Å²) < 4.78 is 65.6. The number of halogens is 5. The van der Waals surface area contributed by atoms with E-state index in [-0.39, 0.29) is 19.1 Å². The van der Waals surface area contributed by atoms with Crippen LogP contribution in [0, 0.1) is 0 Å². The Morgan fingerprint density at radius 1 is 1.18 bits per heavy atom. The zero-order chi connectivity index (χ0) is 20.3. The van der Waals surface area contributed by atoms with E-state index < -0.39 is 30.5 Å². The Bertz CT molecular complexity index is 958. The number of hydrogen-bond acceptors (Lipinski definition) is 6. The number of aliphatic hydroxyl groups excluding tert-OH is 1. The highest BCUT2D eigenvalue weighted by atomic mass is 19.4. The van der Waals surface area contributed by atoms with Crippen molar-refractivity contribution < 1.29 is 27.1 Å². The molecule has 0 saturated carbocycles. The van der Waals surface area contributed by atoms with Crippen LogP contribution in [0.4, 0.5) is 39.4 Å². The van der Waals surface area contributed by atoms with Gasteiger partial charge in [-0.25, -0.2) is 13.8 Å². The third kappa shape index (κ3) is 4.27. The van der Waals surface area contributed by atoms with Crippen LogP contribution < -0.4 is 10.6 Å². The van der Waals surface area contributed by atoms with Gasteiger partial charge in [0, 0.05) is 18.1 Å². The van der Waals surface area contributed by atoms with Gasteiger partial charge in [0.25, 0.3) is 6.43 Å². The molecule has 0 amide bonds. The van der Waals surface area contributed by atoms with Gasteiger partial charge in [0.05, 0.1) is 24.0 Å². The van der Waals surface area contributed by atoms with Crippen molar-refractivity contribution in [3.05, 3.63) is 36.2 Å². The minimum atomic E-state index is -4.67. The summed E-state index contributed by atoms with van der Waals surface area (Å²) in [6.45, 7) is -1.10. The number of rotatable bonds is 7. The molecule has 2 aromatic heterocycles. The second-order valence-corrected chi connectivity index (χ2v) is 5.69. The van der Waals surface area contributed by atoms with Crippen molar-refractivity contribution in [2.24, 2.45) is 0 Å². The fraction of sp³-hybridized carbons (Fsp3) is 0.312. The van der Waals surface area contributed by atoms with Crippen LogP contribution >= 0.6 is 0 Å². The van der Waals surface area contributed by atoms with E-state index in [9.17, 15) is 22.0 Å². The Morgan fingerprint density at radius 2 is 1.96 bits per heavy atom. The molecule has 3 rings (SSSR count). The van der Waals surface area contributed by atoms with Crippen LogP contribution in [0.1, 0.15) is 5.56 Å². The first-order valence-corrected chi connectivity index (χ1v) is 8.08. The Kier molecular flexibility index (Phi) is 5.58. The van der Waals surface area contributed by atoms with Gasteiger partial charge in [-0.2, -0.15) is 23.3 Å². The van der Waals surface area contributed by atoms with Gasteiger partial charge in [-0.1, -0.05) is 6.07 Å². The molecule has 0 aliphatic heterocycles. The third-order valence-electron chi connectivity index (χ3n) is 3.74. The molecule has 0 aliphatic carbocycles. The number of aliphatic hydroxyl groups is 1. The molecular weight excluding hydrogens is 387 g/mol. The number of benzene rings is 1. The van der Waals surface area contributed by atoms with Crippen LogP contribution in [-0.2, 0) is 12.7 Å². The number of alkyl halides is 5. The quantitative estimate of drug-likeness (QED) is 0.526. The summed E-state index contributed by atoms with van der Waals surface area (Å²) in [5.74, 6) is -0.623. The number of fused-ring (bicyclic) bond motifs is 1. The summed E-state index contributed by atoms with van der Waals surface area (Å²) in [6, 6.07) is 4.78. The molecule has 150 valence electrons. The highest BCUT2D eigenvalue weighted by Crippen LogP contribution is 2.34. The maximum Gasteiger partial charge on any atom is 0.421 e. The number of aromatic nitrogens is 4. The average Bonchev–Trinajstić information content (AvgIpc) is 3.02. The summed E-state index contributed by atoms with van der Waals surface area (Å²) in [5.41, 5.74) is -0.254. The fourth-order valence-corrected chi connectivity index (χ4v) is 2.57. The summed E-state index contributed by atoms with van der Waals surface area (Å²) >= 11 is 0. The van der Waals surface area contributed by atoms with Crippen LogP contribution in [0.15, 0.2) is 30.6 Å². The number of hydrogen-bond donors (Lipinski definition) is 3. The summed E-state index contributed by atoms with van der Waals surface area (Å²) in [7, 11) is 0. The van der Waals surface area contributed by atoms with Crippen molar-refractivity contribution in [1.82, 2.24) is 19.7 Å². The first-order chi connectivity index (χ1) is 13.3. The minimum Gasteiger partial charge on any atom is -0.395 e. The molecule has 12 heteroatoms. The Balaban J connectivity index is 1.94.